The fourth-order valence-corrected chi connectivity index (χ4v) is 3.53. The summed E-state index contributed by atoms with van der Waals surface area (Å²) in [6.45, 7) is 1.52. The zero-order valence-corrected chi connectivity index (χ0v) is 10.3. The van der Waals surface area contributed by atoms with E-state index in [1.54, 1.807) is 4.90 Å². The summed E-state index contributed by atoms with van der Waals surface area (Å²) >= 11 is 1.94. The van der Waals surface area contributed by atoms with Crippen LogP contribution in [0.3, 0.4) is 0 Å². The van der Waals surface area contributed by atoms with Crippen LogP contribution in [0.2, 0.25) is 0 Å². The first-order valence-electron chi connectivity index (χ1n) is 5.92. The summed E-state index contributed by atoms with van der Waals surface area (Å²) in [6.07, 6.45) is 3.39. The van der Waals surface area contributed by atoms with Crippen molar-refractivity contribution in [2.45, 2.75) is 31.3 Å². The van der Waals surface area contributed by atoms with Crippen LogP contribution in [0.4, 0.5) is 4.79 Å². The molecule has 0 unspecified atom stereocenters. The molecule has 2 aliphatic heterocycles. The molecule has 4 nitrogen and oxygen atoms in total. The predicted molar refractivity (Wildman–Crippen MR) is 63.7 cm³/mol. The summed E-state index contributed by atoms with van der Waals surface area (Å²) in [5.41, 5.74) is -0.169. The average Bonchev–Trinajstić information content (AvgIpc) is 2.29. The Morgan fingerprint density at radius 2 is 2.12 bits per heavy atom. The Morgan fingerprint density at radius 1 is 1.38 bits per heavy atom. The quantitative estimate of drug-likeness (QED) is 0.818. The van der Waals surface area contributed by atoms with Gasteiger partial charge in [0, 0.05) is 26.1 Å². The molecule has 0 aromatic rings. The zero-order valence-electron chi connectivity index (χ0n) is 9.48. The highest BCUT2D eigenvalue weighted by atomic mass is 32.2. The maximum absolute atomic E-state index is 11.8. The Kier molecular flexibility index (Phi) is 3.97. The van der Waals surface area contributed by atoms with Gasteiger partial charge in [0.25, 0.3) is 0 Å². The molecule has 0 radical (unpaired) electrons. The van der Waals surface area contributed by atoms with Gasteiger partial charge in [-0.3, -0.25) is 0 Å². The minimum absolute atomic E-state index is 0.131. The van der Waals surface area contributed by atoms with Gasteiger partial charge in [0.2, 0.25) is 0 Å². The number of hydrogen-bond donors (Lipinski definition) is 1. The van der Waals surface area contributed by atoms with Gasteiger partial charge in [0.1, 0.15) is 5.60 Å². The number of carbonyl (C=O) groups is 1. The maximum atomic E-state index is 11.8. The molecule has 1 amide bonds. The summed E-state index contributed by atoms with van der Waals surface area (Å²) in [6, 6.07) is 0. The predicted octanol–water partition coefficient (Wildman–Crippen LogP) is 1.48. The second-order valence-electron chi connectivity index (χ2n) is 4.48. The molecule has 2 rings (SSSR count). The van der Waals surface area contributed by atoms with Gasteiger partial charge < -0.3 is 14.7 Å². The Hall–Kier alpha value is -0.420. The average molecular weight is 245 g/mol. The highest BCUT2D eigenvalue weighted by molar-refractivity contribution is 7.99. The smallest absolute Gasteiger partial charge is 0.410 e. The van der Waals surface area contributed by atoms with Crippen molar-refractivity contribution in [1.82, 2.24) is 4.90 Å². The van der Waals surface area contributed by atoms with Crippen LogP contribution in [0, 0.1) is 0 Å². The molecule has 0 saturated carbocycles. The highest BCUT2D eigenvalue weighted by Gasteiger charge is 2.41. The van der Waals surface area contributed by atoms with Gasteiger partial charge in [-0.25, -0.2) is 4.79 Å². The molecule has 2 saturated heterocycles. The van der Waals surface area contributed by atoms with E-state index in [9.17, 15) is 4.79 Å². The fraction of sp³-hybridized carbons (Fsp3) is 0.909. The number of thioether (sulfide) groups is 1. The van der Waals surface area contributed by atoms with Crippen molar-refractivity contribution < 1.29 is 14.6 Å². The summed E-state index contributed by atoms with van der Waals surface area (Å²) in [5, 5.41) is 8.74. The standard InChI is InChI=1S/C11H19NO3S/c13-7-1-5-12-6-2-11(15-10(12)14)3-8-16-9-4-11/h13H,1-9H2. The van der Waals surface area contributed by atoms with Crippen molar-refractivity contribution >= 4 is 17.9 Å². The van der Waals surface area contributed by atoms with Gasteiger partial charge in [-0.15, -0.1) is 0 Å². The van der Waals surface area contributed by atoms with E-state index in [0.717, 1.165) is 37.3 Å². The van der Waals surface area contributed by atoms with Crippen LogP contribution >= 0.6 is 11.8 Å². The fourth-order valence-electron chi connectivity index (χ4n) is 2.29. The van der Waals surface area contributed by atoms with Crippen LogP contribution in [0.5, 0.6) is 0 Å². The van der Waals surface area contributed by atoms with Gasteiger partial charge in [-0.05, 0) is 30.8 Å². The Balaban J connectivity index is 1.88. The van der Waals surface area contributed by atoms with E-state index < -0.39 is 0 Å². The van der Waals surface area contributed by atoms with Crippen LogP contribution in [0.15, 0.2) is 0 Å². The first kappa shape index (κ1) is 12.0. The van der Waals surface area contributed by atoms with Gasteiger partial charge in [-0.2, -0.15) is 11.8 Å². The topological polar surface area (TPSA) is 49.8 Å². The first-order chi connectivity index (χ1) is 7.76. The van der Waals surface area contributed by atoms with Crippen molar-refractivity contribution in [2.24, 2.45) is 0 Å². The molecule has 0 bridgehead atoms. The number of rotatable bonds is 3. The third kappa shape index (κ3) is 2.63. The molecule has 5 heteroatoms. The van der Waals surface area contributed by atoms with Gasteiger partial charge in [0.05, 0.1) is 0 Å². The van der Waals surface area contributed by atoms with Crippen molar-refractivity contribution in [3.63, 3.8) is 0 Å². The zero-order chi connectivity index (χ0) is 11.4. The molecule has 0 aromatic heterocycles. The Morgan fingerprint density at radius 3 is 2.75 bits per heavy atom. The Bertz CT molecular complexity index is 254. The van der Waals surface area contributed by atoms with Crippen molar-refractivity contribution in [3.05, 3.63) is 0 Å². The number of aliphatic hydroxyl groups excluding tert-OH is 1. The summed E-state index contributed by atoms with van der Waals surface area (Å²) in [4.78, 5) is 13.5. The van der Waals surface area contributed by atoms with E-state index >= 15 is 0 Å². The Labute approximate surface area is 100 Å². The van der Waals surface area contributed by atoms with Crippen LogP contribution < -0.4 is 0 Å². The third-order valence-electron chi connectivity index (χ3n) is 3.39. The van der Waals surface area contributed by atoms with Crippen LogP contribution in [0.1, 0.15) is 25.7 Å². The molecule has 1 spiro atoms. The van der Waals surface area contributed by atoms with Crippen LogP contribution in [0.25, 0.3) is 0 Å². The summed E-state index contributed by atoms with van der Waals surface area (Å²) in [7, 11) is 0. The molecule has 0 aromatic carbocycles. The number of nitrogens with zero attached hydrogens (tertiary/aromatic N) is 1. The van der Waals surface area contributed by atoms with Crippen LogP contribution in [-0.4, -0.2) is 52.9 Å². The largest absolute Gasteiger partial charge is 0.443 e. The molecule has 2 aliphatic rings. The monoisotopic (exact) mass is 245 g/mol. The number of ether oxygens (including phenoxy) is 1. The number of aliphatic hydroxyl groups is 1. The van der Waals surface area contributed by atoms with Crippen molar-refractivity contribution in [2.75, 3.05) is 31.2 Å². The minimum Gasteiger partial charge on any atom is -0.443 e. The second-order valence-corrected chi connectivity index (χ2v) is 5.70. The normalized spacial score (nSPS) is 24.6. The molecule has 16 heavy (non-hydrogen) atoms. The van der Waals surface area contributed by atoms with E-state index in [4.69, 9.17) is 9.84 Å². The molecule has 0 aliphatic carbocycles. The van der Waals surface area contributed by atoms with E-state index in [1.165, 1.54) is 0 Å². The molecule has 2 fully saturated rings. The molecule has 1 N–H and O–H groups in total. The van der Waals surface area contributed by atoms with E-state index in [0.29, 0.717) is 13.0 Å². The lowest BCUT2D eigenvalue weighted by Gasteiger charge is -2.43. The molecule has 0 atom stereocenters. The molecular formula is C11H19NO3S. The summed E-state index contributed by atoms with van der Waals surface area (Å²) in [5.74, 6) is 2.20. The lowest BCUT2D eigenvalue weighted by Crippen LogP contribution is -2.51. The van der Waals surface area contributed by atoms with Gasteiger partial charge in [-0.1, -0.05) is 0 Å². The SMILES string of the molecule is O=C1OC2(CCSCC2)CCN1CCCO. The third-order valence-corrected chi connectivity index (χ3v) is 4.38. The highest BCUT2D eigenvalue weighted by Crippen LogP contribution is 2.36. The van der Waals surface area contributed by atoms with E-state index in [-0.39, 0.29) is 18.3 Å². The van der Waals surface area contributed by atoms with E-state index in [1.807, 2.05) is 11.8 Å². The van der Waals surface area contributed by atoms with Crippen molar-refractivity contribution in [3.8, 4) is 0 Å². The number of amides is 1. The first-order valence-corrected chi connectivity index (χ1v) is 7.08. The van der Waals surface area contributed by atoms with Gasteiger partial charge in [0.15, 0.2) is 0 Å². The number of hydrogen-bond acceptors (Lipinski definition) is 4. The lowest BCUT2D eigenvalue weighted by molar-refractivity contribution is -0.0535. The lowest BCUT2D eigenvalue weighted by atomic mass is 9.91. The maximum Gasteiger partial charge on any atom is 0.410 e. The molecular weight excluding hydrogens is 226 g/mol. The van der Waals surface area contributed by atoms with Crippen LogP contribution in [-0.2, 0) is 4.74 Å². The molecule has 2 heterocycles. The number of carbonyl (C=O) groups excluding carboxylic acids is 1. The molecule has 92 valence electrons. The second kappa shape index (κ2) is 5.27. The van der Waals surface area contributed by atoms with Crippen molar-refractivity contribution in [1.29, 1.82) is 0 Å². The van der Waals surface area contributed by atoms with Gasteiger partial charge >= 0.3 is 6.09 Å². The van der Waals surface area contributed by atoms with E-state index in [2.05, 4.69) is 0 Å². The minimum atomic E-state index is -0.188. The summed E-state index contributed by atoms with van der Waals surface area (Å²) < 4.78 is 5.62.